The van der Waals surface area contributed by atoms with E-state index in [1.165, 1.54) is 0 Å². The molecule has 0 aliphatic carbocycles. The lowest BCUT2D eigenvalue weighted by molar-refractivity contribution is -0.116. The minimum atomic E-state index is -0.288. The van der Waals surface area contributed by atoms with Crippen LogP contribution in [0.1, 0.15) is 17.6 Å². The number of halogens is 2. The number of amides is 1. The second-order valence-corrected chi connectivity index (χ2v) is 6.07. The van der Waals surface area contributed by atoms with E-state index in [4.69, 9.17) is 23.2 Å². The first-order valence-corrected chi connectivity index (χ1v) is 8.15. The second kappa shape index (κ2) is 7.07. The van der Waals surface area contributed by atoms with Gasteiger partial charge in [-0.2, -0.15) is 0 Å². The molecule has 0 unspecified atom stereocenters. The molecular weight excluding hydrogens is 347 g/mol. The van der Waals surface area contributed by atoms with Gasteiger partial charge in [0, 0.05) is 24.4 Å². The number of benzene rings is 2. The van der Waals surface area contributed by atoms with E-state index in [0.717, 1.165) is 10.9 Å². The molecule has 1 amide bonds. The number of hydrogen-bond acceptors (Lipinski definition) is 2. The van der Waals surface area contributed by atoms with Gasteiger partial charge in [0.1, 0.15) is 0 Å². The third-order valence-corrected chi connectivity index (χ3v) is 4.48. The number of para-hydroxylation sites is 1. The van der Waals surface area contributed by atoms with Crippen LogP contribution in [-0.4, -0.2) is 16.4 Å². The molecule has 0 saturated heterocycles. The Balaban J connectivity index is 1.64. The number of nitrogens with zero attached hydrogens (tertiary/aromatic N) is 1. The summed E-state index contributed by atoms with van der Waals surface area (Å²) in [5, 5.41) is 4.31. The largest absolute Gasteiger partial charge is 0.325 e. The molecule has 0 spiro atoms. The number of anilines is 1. The molecular formula is C18H14Cl2N2O2. The topological polar surface area (TPSA) is 51.1 Å². The van der Waals surface area contributed by atoms with Crippen LogP contribution in [0.25, 0.3) is 10.9 Å². The van der Waals surface area contributed by atoms with Gasteiger partial charge >= 0.3 is 0 Å². The number of nitrogens with one attached hydrogen (secondary N) is 1. The lowest BCUT2D eigenvalue weighted by Gasteiger charge is -2.08. The lowest BCUT2D eigenvalue weighted by atomic mass is 10.2. The maximum atomic E-state index is 12.3. The van der Waals surface area contributed by atoms with Crippen LogP contribution in [0.5, 0.6) is 0 Å². The van der Waals surface area contributed by atoms with Crippen LogP contribution in [-0.2, 0) is 4.79 Å². The van der Waals surface area contributed by atoms with Crippen molar-refractivity contribution in [3.8, 4) is 0 Å². The molecule has 0 atom stereocenters. The molecule has 0 radical (unpaired) electrons. The average molecular weight is 361 g/mol. The molecule has 0 aliphatic rings. The number of hydrogen-bond donors (Lipinski definition) is 1. The lowest BCUT2D eigenvalue weighted by Crippen LogP contribution is -2.16. The Labute approximate surface area is 149 Å². The summed E-state index contributed by atoms with van der Waals surface area (Å²) in [6.07, 6.45) is 1.88. The van der Waals surface area contributed by atoms with Crippen LogP contribution in [0.2, 0.25) is 10.0 Å². The first kappa shape index (κ1) is 16.6. The smallest absolute Gasteiger partial charge is 0.231 e. The van der Waals surface area contributed by atoms with E-state index in [9.17, 15) is 9.59 Å². The van der Waals surface area contributed by atoms with Crippen molar-refractivity contribution in [1.82, 2.24) is 4.57 Å². The zero-order valence-corrected chi connectivity index (χ0v) is 14.1. The average Bonchev–Trinajstić information content (AvgIpc) is 3.01. The molecule has 122 valence electrons. The van der Waals surface area contributed by atoms with Crippen LogP contribution in [0.15, 0.2) is 54.7 Å². The predicted octanol–water partition coefficient (Wildman–Crippen LogP) is 5.01. The summed E-state index contributed by atoms with van der Waals surface area (Å²) in [5.74, 6) is -0.424. The highest BCUT2D eigenvalue weighted by Gasteiger charge is 2.13. The van der Waals surface area contributed by atoms with Gasteiger partial charge in [0.2, 0.25) is 11.8 Å². The molecule has 0 saturated carbocycles. The standard InChI is InChI=1S/C18H14Cl2N2O2/c19-13-5-3-6-14(18(13)20)21-16(23)8-9-17(24)22-11-10-12-4-1-2-7-15(12)22/h1-7,10-11H,8-9H2,(H,21,23). The van der Waals surface area contributed by atoms with Gasteiger partial charge in [0.05, 0.1) is 21.2 Å². The van der Waals surface area contributed by atoms with E-state index in [0.29, 0.717) is 10.7 Å². The van der Waals surface area contributed by atoms with Crippen molar-refractivity contribution in [3.05, 3.63) is 64.8 Å². The Hall–Kier alpha value is -2.30. The summed E-state index contributed by atoms with van der Waals surface area (Å²) >= 11 is 11.9. The molecule has 4 nitrogen and oxygen atoms in total. The Kier molecular flexibility index (Phi) is 4.88. The van der Waals surface area contributed by atoms with Gasteiger partial charge in [0.15, 0.2) is 0 Å². The Bertz CT molecular complexity index is 918. The monoisotopic (exact) mass is 360 g/mol. The Morgan fingerprint density at radius 3 is 2.58 bits per heavy atom. The molecule has 3 aromatic rings. The van der Waals surface area contributed by atoms with E-state index in [2.05, 4.69) is 5.32 Å². The second-order valence-electron chi connectivity index (χ2n) is 5.29. The SMILES string of the molecule is O=C(CCC(=O)n1ccc2ccccc21)Nc1cccc(Cl)c1Cl. The normalized spacial score (nSPS) is 10.8. The van der Waals surface area contributed by atoms with Gasteiger partial charge in [0.25, 0.3) is 0 Å². The highest BCUT2D eigenvalue weighted by atomic mass is 35.5. The first-order valence-electron chi connectivity index (χ1n) is 7.39. The van der Waals surface area contributed by atoms with E-state index >= 15 is 0 Å². The molecule has 0 aliphatic heterocycles. The maximum absolute atomic E-state index is 12.3. The highest BCUT2D eigenvalue weighted by Crippen LogP contribution is 2.29. The van der Waals surface area contributed by atoms with Gasteiger partial charge in [-0.3, -0.25) is 14.2 Å². The molecule has 24 heavy (non-hydrogen) atoms. The van der Waals surface area contributed by atoms with Crippen LogP contribution in [0.3, 0.4) is 0 Å². The molecule has 1 aromatic heterocycles. The van der Waals surface area contributed by atoms with Gasteiger partial charge in [-0.25, -0.2) is 0 Å². The fourth-order valence-electron chi connectivity index (χ4n) is 2.45. The number of aromatic nitrogens is 1. The van der Waals surface area contributed by atoms with E-state index < -0.39 is 0 Å². The van der Waals surface area contributed by atoms with Crippen LogP contribution >= 0.6 is 23.2 Å². The number of carbonyl (C=O) groups excluding carboxylic acids is 2. The van der Waals surface area contributed by atoms with Crippen molar-refractivity contribution in [2.45, 2.75) is 12.8 Å². The van der Waals surface area contributed by atoms with E-state index in [-0.39, 0.29) is 29.7 Å². The van der Waals surface area contributed by atoms with E-state index in [1.54, 1.807) is 29.0 Å². The number of rotatable bonds is 4. The summed E-state index contributed by atoms with van der Waals surface area (Å²) in [4.78, 5) is 24.4. The molecule has 1 N–H and O–H groups in total. The van der Waals surface area contributed by atoms with Gasteiger partial charge < -0.3 is 5.32 Å². The molecule has 3 rings (SSSR count). The van der Waals surface area contributed by atoms with Crippen LogP contribution in [0.4, 0.5) is 5.69 Å². The number of fused-ring (bicyclic) bond motifs is 1. The van der Waals surface area contributed by atoms with Crippen molar-refractivity contribution in [3.63, 3.8) is 0 Å². The first-order chi connectivity index (χ1) is 11.6. The Morgan fingerprint density at radius 1 is 0.958 bits per heavy atom. The number of carbonyl (C=O) groups is 2. The van der Waals surface area contributed by atoms with Crippen LogP contribution < -0.4 is 5.32 Å². The zero-order valence-electron chi connectivity index (χ0n) is 12.6. The quantitative estimate of drug-likeness (QED) is 0.710. The van der Waals surface area contributed by atoms with Crippen molar-refractivity contribution in [1.29, 1.82) is 0 Å². The summed E-state index contributed by atoms with van der Waals surface area (Å²) < 4.78 is 1.56. The van der Waals surface area contributed by atoms with Crippen LogP contribution in [0, 0.1) is 0 Å². The van der Waals surface area contributed by atoms with Gasteiger partial charge in [-0.1, -0.05) is 47.5 Å². The minimum Gasteiger partial charge on any atom is -0.325 e. The molecule has 6 heteroatoms. The Morgan fingerprint density at radius 2 is 1.75 bits per heavy atom. The third kappa shape index (κ3) is 3.45. The summed E-state index contributed by atoms with van der Waals surface area (Å²) in [6, 6.07) is 14.5. The van der Waals surface area contributed by atoms with Crippen molar-refractivity contribution in [2.75, 3.05) is 5.32 Å². The van der Waals surface area contributed by atoms with Crippen molar-refractivity contribution in [2.24, 2.45) is 0 Å². The van der Waals surface area contributed by atoms with Gasteiger partial charge in [-0.15, -0.1) is 0 Å². The zero-order chi connectivity index (χ0) is 17.1. The molecule has 1 heterocycles. The van der Waals surface area contributed by atoms with E-state index in [1.807, 2.05) is 30.3 Å². The summed E-state index contributed by atoms with van der Waals surface area (Å²) in [7, 11) is 0. The fourth-order valence-corrected chi connectivity index (χ4v) is 2.80. The summed E-state index contributed by atoms with van der Waals surface area (Å²) in [5.41, 5.74) is 1.27. The molecule has 0 fully saturated rings. The molecule has 0 bridgehead atoms. The highest BCUT2D eigenvalue weighted by molar-refractivity contribution is 6.44. The molecule has 2 aromatic carbocycles. The van der Waals surface area contributed by atoms with Crippen molar-refractivity contribution < 1.29 is 9.59 Å². The van der Waals surface area contributed by atoms with Gasteiger partial charge in [-0.05, 0) is 24.3 Å². The predicted molar refractivity (Wildman–Crippen MR) is 96.9 cm³/mol. The maximum Gasteiger partial charge on any atom is 0.231 e. The minimum absolute atomic E-state index is 0.0637. The van der Waals surface area contributed by atoms with Crippen molar-refractivity contribution >= 4 is 51.6 Å². The summed E-state index contributed by atoms with van der Waals surface area (Å²) in [6.45, 7) is 0. The fraction of sp³-hybridized carbons (Fsp3) is 0.111. The third-order valence-electron chi connectivity index (χ3n) is 3.66.